The van der Waals surface area contributed by atoms with Crippen molar-refractivity contribution in [1.29, 1.82) is 0 Å². The zero-order chi connectivity index (χ0) is 7.82. The van der Waals surface area contributed by atoms with E-state index in [0.29, 0.717) is 13.1 Å². The minimum atomic E-state index is 0.0283. The minimum Gasteiger partial charge on any atom is -0.352 e. The van der Waals surface area contributed by atoms with E-state index in [1.165, 1.54) is 0 Å². The normalized spacial score (nSPS) is 10.2. The number of amides is 1. The SMILES string of the molecule is C/C=C/CNC(=O)CNC. The molecule has 0 aromatic heterocycles. The summed E-state index contributed by atoms with van der Waals surface area (Å²) in [6.45, 7) is 2.93. The van der Waals surface area contributed by atoms with E-state index in [1.807, 2.05) is 19.1 Å². The third-order valence-electron chi connectivity index (χ3n) is 0.990. The van der Waals surface area contributed by atoms with Crippen molar-refractivity contribution in [2.75, 3.05) is 20.1 Å². The van der Waals surface area contributed by atoms with Gasteiger partial charge in [-0.05, 0) is 14.0 Å². The summed E-state index contributed by atoms with van der Waals surface area (Å²) in [6, 6.07) is 0. The highest BCUT2D eigenvalue weighted by Gasteiger charge is 1.93. The molecule has 0 bridgehead atoms. The average Bonchev–Trinajstić information content (AvgIpc) is 1.89. The fourth-order valence-corrected chi connectivity index (χ4v) is 0.514. The number of hydrogen-bond donors (Lipinski definition) is 2. The van der Waals surface area contributed by atoms with Crippen LogP contribution in [-0.4, -0.2) is 26.0 Å². The molecule has 0 rings (SSSR count). The Hall–Kier alpha value is -0.830. The predicted octanol–water partition coefficient (Wildman–Crippen LogP) is -0.102. The molecule has 0 aliphatic carbocycles. The second kappa shape index (κ2) is 6.29. The maximum Gasteiger partial charge on any atom is 0.234 e. The summed E-state index contributed by atoms with van der Waals surface area (Å²) in [5.41, 5.74) is 0. The molecule has 3 heteroatoms. The molecule has 0 aromatic rings. The lowest BCUT2D eigenvalue weighted by Crippen LogP contribution is -2.32. The van der Waals surface area contributed by atoms with Crippen LogP contribution in [0, 0.1) is 0 Å². The van der Waals surface area contributed by atoms with Gasteiger partial charge >= 0.3 is 0 Å². The van der Waals surface area contributed by atoms with E-state index in [1.54, 1.807) is 7.05 Å². The van der Waals surface area contributed by atoms with Gasteiger partial charge in [-0.1, -0.05) is 12.2 Å². The summed E-state index contributed by atoms with van der Waals surface area (Å²) in [4.78, 5) is 10.7. The molecule has 1 amide bonds. The number of carbonyl (C=O) groups is 1. The summed E-state index contributed by atoms with van der Waals surface area (Å²) in [5.74, 6) is 0.0283. The molecule has 0 atom stereocenters. The summed E-state index contributed by atoms with van der Waals surface area (Å²) in [6.07, 6.45) is 3.80. The summed E-state index contributed by atoms with van der Waals surface area (Å²) >= 11 is 0. The van der Waals surface area contributed by atoms with Crippen LogP contribution in [0.15, 0.2) is 12.2 Å². The van der Waals surface area contributed by atoms with Gasteiger partial charge in [-0.25, -0.2) is 0 Å². The zero-order valence-electron chi connectivity index (χ0n) is 6.48. The quantitative estimate of drug-likeness (QED) is 0.538. The smallest absolute Gasteiger partial charge is 0.234 e. The van der Waals surface area contributed by atoms with Crippen LogP contribution in [0.1, 0.15) is 6.92 Å². The topological polar surface area (TPSA) is 41.1 Å². The standard InChI is InChI=1S/C7H14N2O/c1-3-4-5-9-7(10)6-8-2/h3-4,8H,5-6H2,1-2H3,(H,9,10)/b4-3+. The molecule has 3 nitrogen and oxygen atoms in total. The van der Waals surface area contributed by atoms with Crippen molar-refractivity contribution < 1.29 is 4.79 Å². The lowest BCUT2D eigenvalue weighted by atomic mass is 10.5. The van der Waals surface area contributed by atoms with Crippen LogP contribution in [-0.2, 0) is 4.79 Å². The van der Waals surface area contributed by atoms with Crippen LogP contribution < -0.4 is 10.6 Å². The van der Waals surface area contributed by atoms with Crippen molar-refractivity contribution >= 4 is 5.91 Å². The molecule has 10 heavy (non-hydrogen) atoms. The van der Waals surface area contributed by atoms with Crippen molar-refractivity contribution in [3.63, 3.8) is 0 Å². The Morgan fingerprint density at radius 1 is 1.60 bits per heavy atom. The number of allylic oxidation sites excluding steroid dienone is 1. The summed E-state index contributed by atoms with van der Waals surface area (Å²) in [5, 5.41) is 5.45. The van der Waals surface area contributed by atoms with E-state index in [9.17, 15) is 4.79 Å². The van der Waals surface area contributed by atoms with Crippen molar-refractivity contribution in [2.24, 2.45) is 0 Å². The van der Waals surface area contributed by atoms with E-state index >= 15 is 0 Å². The van der Waals surface area contributed by atoms with Gasteiger partial charge < -0.3 is 10.6 Å². The molecule has 0 aliphatic rings. The second-order valence-corrected chi connectivity index (χ2v) is 1.90. The molecule has 2 N–H and O–H groups in total. The molecule has 0 heterocycles. The van der Waals surface area contributed by atoms with Gasteiger partial charge in [-0.15, -0.1) is 0 Å². The van der Waals surface area contributed by atoms with Gasteiger partial charge in [0.05, 0.1) is 6.54 Å². The first-order valence-electron chi connectivity index (χ1n) is 3.33. The predicted molar refractivity (Wildman–Crippen MR) is 41.8 cm³/mol. The Morgan fingerprint density at radius 2 is 2.30 bits per heavy atom. The van der Waals surface area contributed by atoms with E-state index in [0.717, 1.165) is 0 Å². The van der Waals surface area contributed by atoms with Crippen molar-refractivity contribution in [1.82, 2.24) is 10.6 Å². The van der Waals surface area contributed by atoms with Crippen molar-refractivity contribution in [2.45, 2.75) is 6.92 Å². The number of carbonyl (C=O) groups excluding carboxylic acids is 1. The third-order valence-corrected chi connectivity index (χ3v) is 0.990. The van der Waals surface area contributed by atoms with Gasteiger partial charge in [0.2, 0.25) is 5.91 Å². The van der Waals surface area contributed by atoms with Gasteiger partial charge in [-0.2, -0.15) is 0 Å². The van der Waals surface area contributed by atoms with Crippen molar-refractivity contribution in [3.8, 4) is 0 Å². The molecule has 0 saturated carbocycles. The Balaban J connectivity index is 3.21. The van der Waals surface area contributed by atoms with E-state index in [4.69, 9.17) is 0 Å². The number of likely N-dealkylation sites (N-methyl/N-ethyl adjacent to an activating group) is 1. The molecule has 0 unspecified atom stereocenters. The Kier molecular flexibility index (Phi) is 5.77. The van der Waals surface area contributed by atoms with Gasteiger partial charge in [0.1, 0.15) is 0 Å². The van der Waals surface area contributed by atoms with E-state index < -0.39 is 0 Å². The fourth-order valence-electron chi connectivity index (χ4n) is 0.514. The first kappa shape index (κ1) is 9.17. The molecule has 58 valence electrons. The second-order valence-electron chi connectivity index (χ2n) is 1.90. The first-order valence-corrected chi connectivity index (χ1v) is 3.33. The number of rotatable bonds is 4. The van der Waals surface area contributed by atoms with E-state index in [2.05, 4.69) is 10.6 Å². The largest absolute Gasteiger partial charge is 0.352 e. The maximum atomic E-state index is 10.7. The zero-order valence-corrected chi connectivity index (χ0v) is 6.48. The number of hydrogen-bond acceptors (Lipinski definition) is 2. The molecule has 0 aliphatic heterocycles. The molecular formula is C7H14N2O. The highest BCUT2D eigenvalue weighted by molar-refractivity contribution is 5.78. The monoisotopic (exact) mass is 142 g/mol. The van der Waals surface area contributed by atoms with Crippen LogP contribution in [0.25, 0.3) is 0 Å². The summed E-state index contributed by atoms with van der Waals surface area (Å²) < 4.78 is 0. The van der Waals surface area contributed by atoms with Crippen LogP contribution in [0.3, 0.4) is 0 Å². The molecule has 0 aromatic carbocycles. The maximum absolute atomic E-state index is 10.7. The first-order chi connectivity index (χ1) is 4.81. The lowest BCUT2D eigenvalue weighted by molar-refractivity contribution is -0.119. The lowest BCUT2D eigenvalue weighted by Gasteiger charge is -1.99. The highest BCUT2D eigenvalue weighted by Crippen LogP contribution is 1.67. The molecule has 0 saturated heterocycles. The number of nitrogens with one attached hydrogen (secondary N) is 2. The van der Waals surface area contributed by atoms with Gasteiger partial charge in [0, 0.05) is 6.54 Å². The van der Waals surface area contributed by atoms with Crippen molar-refractivity contribution in [3.05, 3.63) is 12.2 Å². The summed E-state index contributed by atoms with van der Waals surface area (Å²) in [7, 11) is 1.75. The molecule has 0 radical (unpaired) electrons. The van der Waals surface area contributed by atoms with Crippen LogP contribution >= 0.6 is 0 Å². The minimum absolute atomic E-state index is 0.0283. The average molecular weight is 142 g/mol. The molecule has 0 fully saturated rings. The van der Waals surface area contributed by atoms with Gasteiger partial charge in [0.15, 0.2) is 0 Å². The van der Waals surface area contributed by atoms with E-state index in [-0.39, 0.29) is 5.91 Å². The fraction of sp³-hybridized carbons (Fsp3) is 0.571. The van der Waals surface area contributed by atoms with Gasteiger partial charge in [0.25, 0.3) is 0 Å². The Bertz CT molecular complexity index is 121. The van der Waals surface area contributed by atoms with Crippen LogP contribution in [0.4, 0.5) is 0 Å². The third kappa shape index (κ3) is 5.31. The highest BCUT2D eigenvalue weighted by atomic mass is 16.1. The van der Waals surface area contributed by atoms with Crippen LogP contribution in [0.2, 0.25) is 0 Å². The molecular weight excluding hydrogens is 128 g/mol. The molecule has 0 spiro atoms. The Morgan fingerprint density at radius 3 is 2.80 bits per heavy atom. The van der Waals surface area contributed by atoms with Gasteiger partial charge in [-0.3, -0.25) is 4.79 Å². The van der Waals surface area contributed by atoms with Crippen LogP contribution in [0.5, 0.6) is 0 Å². The Labute approximate surface area is 61.5 Å².